The van der Waals surface area contributed by atoms with Gasteiger partial charge in [-0.15, -0.1) is 0 Å². The van der Waals surface area contributed by atoms with Crippen LogP contribution in [0.15, 0.2) is 61.1 Å². The molecule has 202 valence electrons. The fourth-order valence-corrected chi connectivity index (χ4v) is 4.94. The van der Waals surface area contributed by atoms with Gasteiger partial charge in [-0.3, -0.25) is 4.79 Å². The Kier molecular flexibility index (Phi) is 5.50. The van der Waals surface area contributed by atoms with Crippen LogP contribution in [-0.2, 0) is 22.8 Å². The Bertz CT molecular complexity index is 1840. The van der Waals surface area contributed by atoms with Crippen molar-refractivity contribution in [3.8, 4) is 17.3 Å². The summed E-state index contributed by atoms with van der Waals surface area (Å²) in [6.07, 6.45) is 0.398. The summed E-state index contributed by atoms with van der Waals surface area (Å²) in [4.78, 5) is 31.0. The number of nitrogens with one attached hydrogen (secondary N) is 1. The fraction of sp³-hybridized carbons (Fsp3) is 0.148. The molecular weight excluding hydrogens is 530 g/mol. The number of nitrogen functional groups attached to an aromatic ring is 1. The highest BCUT2D eigenvalue weighted by Gasteiger charge is 2.48. The molecule has 9 nitrogen and oxygen atoms in total. The Hall–Kier alpha value is -5.07. The molecule has 4 heterocycles. The lowest BCUT2D eigenvalue weighted by Crippen LogP contribution is -2.33. The number of imidazole rings is 1. The van der Waals surface area contributed by atoms with Crippen LogP contribution in [0.1, 0.15) is 34.9 Å². The molecule has 1 atom stereocenters. The number of carbonyl (C=O) groups is 1. The molecule has 3 aromatic heterocycles. The van der Waals surface area contributed by atoms with E-state index in [1.54, 1.807) is 35.1 Å². The van der Waals surface area contributed by atoms with E-state index in [1.165, 1.54) is 19.1 Å². The van der Waals surface area contributed by atoms with Crippen LogP contribution in [0, 0.1) is 5.82 Å². The Morgan fingerprint density at radius 1 is 1.12 bits per heavy atom. The molecule has 0 spiro atoms. The molecule has 0 bridgehead atoms. The van der Waals surface area contributed by atoms with Crippen LogP contribution >= 0.6 is 0 Å². The highest BCUT2D eigenvalue weighted by atomic mass is 19.4. The van der Waals surface area contributed by atoms with Gasteiger partial charge < -0.3 is 20.6 Å². The second-order valence-electron chi connectivity index (χ2n) is 9.50. The normalized spacial score (nSPS) is 16.8. The van der Waals surface area contributed by atoms with E-state index in [2.05, 4.69) is 25.3 Å². The van der Waals surface area contributed by atoms with Crippen LogP contribution in [0.2, 0.25) is 0 Å². The first-order valence-corrected chi connectivity index (χ1v) is 11.9. The number of anilines is 2. The van der Waals surface area contributed by atoms with E-state index in [1.807, 2.05) is 0 Å². The minimum absolute atomic E-state index is 0.0635. The number of aromatic hydroxyl groups is 1. The van der Waals surface area contributed by atoms with Crippen LogP contribution in [0.5, 0.6) is 5.75 Å². The lowest BCUT2D eigenvalue weighted by Gasteiger charge is -2.24. The topological polar surface area (TPSA) is 131 Å². The van der Waals surface area contributed by atoms with E-state index in [-0.39, 0.29) is 40.8 Å². The van der Waals surface area contributed by atoms with E-state index in [0.717, 1.165) is 12.1 Å². The summed E-state index contributed by atoms with van der Waals surface area (Å²) in [7, 11) is 0. The number of alkyl halides is 3. The Labute approximate surface area is 223 Å². The molecule has 4 N–H and O–H groups in total. The molecule has 0 saturated carbocycles. The molecule has 6 rings (SSSR count). The summed E-state index contributed by atoms with van der Waals surface area (Å²) in [5, 5.41) is 12.7. The van der Waals surface area contributed by atoms with Crippen LogP contribution in [0.3, 0.4) is 0 Å². The van der Waals surface area contributed by atoms with E-state index < -0.39 is 28.8 Å². The third kappa shape index (κ3) is 3.97. The van der Waals surface area contributed by atoms with Gasteiger partial charge in [-0.05, 0) is 42.3 Å². The molecule has 0 saturated heterocycles. The highest BCUT2D eigenvalue weighted by Crippen LogP contribution is 2.47. The quantitative estimate of drug-likeness (QED) is 0.282. The van der Waals surface area contributed by atoms with E-state index in [9.17, 15) is 27.5 Å². The zero-order valence-corrected chi connectivity index (χ0v) is 20.7. The summed E-state index contributed by atoms with van der Waals surface area (Å²) >= 11 is 0. The van der Waals surface area contributed by atoms with E-state index in [0.29, 0.717) is 28.7 Å². The summed E-state index contributed by atoms with van der Waals surface area (Å²) in [5.41, 5.74) is 5.77. The number of rotatable bonds is 4. The van der Waals surface area contributed by atoms with Crippen LogP contribution in [0.4, 0.5) is 29.2 Å². The average molecular weight is 549 g/mol. The van der Waals surface area contributed by atoms with Crippen molar-refractivity contribution in [3.05, 3.63) is 94.8 Å². The number of fused-ring (bicyclic) bond motifs is 2. The number of amides is 1. The van der Waals surface area contributed by atoms with Crippen molar-refractivity contribution in [2.24, 2.45) is 0 Å². The van der Waals surface area contributed by atoms with E-state index >= 15 is 0 Å². The monoisotopic (exact) mass is 549 g/mol. The molecule has 5 aromatic rings. The summed E-state index contributed by atoms with van der Waals surface area (Å²) in [5.74, 6) is -1.97. The number of halogens is 4. The number of hydrogen-bond acceptors (Lipinski definition) is 7. The van der Waals surface area contributed by atoms with E-state index in [4.69, 9.17) is 5.73 Å². The van der Waals surface area contributed by atoms with Crippen molar-refractivity contribution in [1.82, 2.24) is 24.3 Å². The third-order valence-corrected chi connectivity index (χ3v) is 6.94. The van der Waals surface area contributed by atoms with Crippen molar-refractivity contribution >= 4 is 23.2 Å². The minimum atomic E-state index is -4.77. The number of benzene rings is 2. The Morgan fingerprint density at radius 3 is 2.65 bits per heavy atom. The zero-order valence-electron chi connectivity index (χ0n) is 20.7. The summed E-state index contributed by atoms with van der Waals surface area (Å²) < 4.78 is 55.0. The molecule has 1 aliphatic rings. The lowest BCUT2D eigenvalue weighted by atomic mass is 9.77. The van der Waals surface area contributed by atoms with Crippen LogP contribution < -0.4 is 11.1 Å². The molecule has 0 radical (unpaired) electrons. The van der Waals surface area contributed by atoms with Gasteiger partial charge in [0, 0.05) is 25.0 Å². The Morgan fingerprint density at radius 2 is 1.93 bits per heavy atom. The van der Waals surface area contributed by atoms with Gasteiger partial charge in [0.1, 0.15) is 34.3 Å². The van der Waals surface area contributed by atoms with Gasteiger partial charge in [0.2, 0.25) is 5.91 Å². The van der Waals surface area contributed by atoms with Crippen LogP contribution in [0.25, 0.3) is 17.2 Å². The predicted octanol–water partition coefficient (Wildman–Crippen LogP) is 4.48. The van der Waals surface area contributed by atoms with Crippen molar-refractivity contribution in [3.63, 3.8) is 0 Å². The fourth-order valence-electron chi connectivity index (χ4n) is 4.94. The molecule has 13 heteroatoms. The van der Waals surface area contributed by atoms with Gasteiger partial charge in [0.15, 0.2) is 11.5 Å². The van der Waals surface area contributed by atoms with Crippen LogP contribution in [-0.4, -0.2) is 35.4 Å². The second kappa shape index (κ2) is 8.73. The number of phenols is 1. The predicted molar refractivity (Wildman–Crippen MR) is 136 cm³/mol. The first-order chi connectivity index (χ1) is 18.9. The minimum Gasteiger partial charge on any atom is -0.507 e. The summed E-state index contributed by atoms with van der Waals surface area (Å²) in [6.45, 7) is 1.46. The van der Waals surface area contributed by atoms with Crippen molar-refractivity contribution in [1.29, 1.82) is 0 Å². The number of nitrogens with two attached hydrogens (primary N) is 1. The maximum atomic E-state index is 13.8. The number of nitrogens with zero attached hydrogens (tertiary/aromatic N) is 5. The molecule has 2 aromatic carbocycles. The molecule has 0 aliphatic carbocycles. The molecule has 1 aliphatic heterocycles. The number of carbonyl (C=O) groups excluding carboxylic acids is 1. The number of hydrogen-bond donors (Lipinski definition) is 3. The molecule has 0 fully saturated rings. The van der Waals surface area contributed by atoms with Gasteiger partial charge in [-0.2, -0.15) is 13.2 Å². The van der Waals surface area contributed by atoms with Gasteiger partial charge >= 0.3 is 6.18 Å². The first kappa shape index (κ1) is 25.2. The largest absolute Gasteiger partial charge is 0.507 e. The summed E-state index contributed by atoms with van der Waals surface area (Å²) in [6, 6.07) is 8.79. The standard InChI is InChI=1S/C27H19F4N7O2/c1-26(14-5-6-16(19(39)11-14)27(29,30)31)20-21(32)35-22(36-23(20)37-25(26)40)18-12-38-8-7-33-24(38)17(34-18)10-13-3-2-4-15(28)9-13/h2-9,11-12,39H,10H2,1H3,(H3,32,35,36,37,40). The molecular formula is C27H19F4N7O2. The average Bonchev–Trinajstić information content (AvgIpc) is 3.46. The van der Waals surface area contributed by atoms with Gasteiger partial charge in [-0.25, -0.2) is 24.3 Å². The first-order valence-electron chi connectivity index (χ1n) is 11.9. The third-order valence-electron chi connectivity index (χ3n) is 6.94. The number of aromatic nitrogens is 5. The maximum Gasteiger partial charge on any atom is 0.419 e. The Balaban J connectivity index is 1.44. The smallest absolute Gasteiger partial charge is 0.419 e. The molecule has 40 heavy (non-hydrogen) atoms. The lowest BCUT2D eigenvalue weighted by molar-refractivity contribution is -0.138. The molecule has 1 amide bonds. The zero-order chi connectivity index (χ0) is 28.4. The van der Waals surface area contributed by atoms with Crippen molar-refractivity contribution < 1.29 is 27.5 Å². The van der Waals surface area contributed by atoms with Crippen molar-refractivity contribution in [2.45, 2.75) is 24.9 Å². The van der Waals surface area contributed by atoms with Gasteiger partial charge in [0.05, 0.1) is 16.8 Å². The highest BCUT2D eigenvalue weighted by molar-refractivity contribution is 6.09. The molecule has 1 unspecified atom stereocenters. The number of phenolic OH excluding ortho intramolecular Hbond substituents is 1. The van der Waals surface area contributed by atoms with Gasteiger partial charge in [-0.1, -0.05) is 18.2 Å². The SMILES string of the molecule is CC1(c2ccc(C(F)(F)F)c(O)c2)C(=O)Nc2nc(-c3cn4ccnc4c(Cc4cccc(F)c4)n3)nc(N)c21. The van der Waals surface area contributed by atoms with Crippen molar-refractivity contribution in [2.75, 3.05) is 11.1 Å². The second-order valence-corrected chi connectivity index (χ2v) is 9.50. The van der Waals surface area contributed by atoms with Gasteiger partial charge in [0.25, 0.3) is 0 Å². The maximum absolute atomic E-state index is 13.8.